The van der Waals surface area contributed by atoms with E-state index in [0.29, 0.717) is 13.0 Å². The number of amides is 1. The molecule has 1 heterocycles. The van der Waals surface area contributed by atoms with Gasteiger partial charge in [-0.2, -0.15) is 0 Å². The standard InChI is InChI=1S/C23H21NO/c1-17-12-13-22-21(14-17)20(19-10-6-3-7-11-19)15-23(25)24(22)16-18-8-4-2-5-9-18/h2-14,20H,15-16H2,1H3. The fraction of sp³-hybridized carbons (Fsp3) is 0.174. The number of fused-ring (bicyclic) bond motifs is 1. The third-order valence-electron chi connectivity index (χ3n) is 4.91. The lowest BCUT2D eigenvalue weighted by Crippen LogP contribution is -2.36. The Balaban J connectivity index is 1.77. The lowest BCUT2D eigenvalue weighted by molar-refractivity contribution is -0.119. The average Bonchev–Trinajstić information content (AvgIpc) is 2.65. The summed E-state index contributed by atoms with van der Waals surface area (Å²) in [6.45, 7) is 2.73. The van der Waals surface area contributed by atoms with Crippen LogP contribution in [0.2, 0.25) is 0 Å². The summed E-state index contributed by atoms with van der Waals surface area (Å²) < 4.78 is 0. The van der Waals surface area contributed by atoms with Crippen LogP contribution in [0.5, 0.6) is 0 Å². The van der Waals surface area contributed by atoms with Gasteiger partial charge in [-0.25, -0.2) is 0 Å². The molecule has 4 rings (SSSR count). The number of hydrogen-bond donors (Lipinski definition) is 0. The molecular formula is C23H21NO. The number of nitrogens with zero attached hydrogens (tertiary/aromatic N) is 1. The molecule has 124 valence electrons. The van der Waals surface area contributed by atoms with Crippen molar-refractivity contribution in [2.45, 2.75) is 25.8 Å². The Morgan fingerprint density at radius 2 is 1.60 bits per heavy atom. The van der Waals surface area contributed by atoms with Gasteiger partial charge in [0.25, 0.3) is 0 Å². The molecule has 1 aliphatic heterocycles. The summed E-state index contributed by atoms with van der Waals surface area (Å²) in [7, 11) is 0. The van der Waals surface area contributed by atoms with Gasteiger partial charge in [-0.3, -0.25) is 4.79 Å². The van der Waals surface area contributed by atoms with Crippen LogP contribution in [0.3, 0.4) is 0 Å². The summed E-state index contributed by atoms with van der Waals surface area (Å²) in [6, 6.07) is 27.0. The molecule has 0 fully saturated rings. The molecule has 0 radical (unpaired) electrons. The number of carbonyl (C=O) groups is 1. The van der Waals surface area contributed by atoms with E-state index in [0.717, 1.165) is 11.3 Å². The summed E-state index contributed by atoms with van der Waals surface area (Å²) in [5.74, 6) is 0.324. The fourth-order valence-electron chi connectivity index (χ4n) is 3.65. The van der Waals surface area contributed by atoms with Gasteiger partial charge < -0.3 is 4.90 Å². The van der Waals surface area contributed by atoms with Gasteiger partial charge in [0.05, 0.1) is 6.54 Å². The van der Waals surface area contributed by atoms with Crippen molar-refractivity contribution >= 4 is 11.6 Å². The van der Waals surface area contributed by atoms with E-state index in [1.54, 1.807) is 0 Å². The topological polar surface area (TPSA) is 20.3 Å². The minimum atomic E-state index is 0.135. The normalized spacial score (nSPS) is 16.6. The summed E-state index contributed by atoms with van der Waals surface area (Å²) in [5, 5.41) is 0. The third kappa shape index (κ3) is 3.08. The summed E-state index contributed by atoms with van der Waals surface area (Å²) in [5.41, 5.74) is 5.89. The van der Waals surface area contributed by atoms with E-state index < -0.39 is 0 Å². The monoisotopic (exact) mass is 327 g/mol. The van der Waals surface area contributed by atoms with Gasteiger partial charge in [0.15, 0.2) is 0 Å². The highest BCUT2D eigenvalue weighted by Gasteiger charge is 2.32. The molecule has 0 aromatic heterocycles. The summed E-state index contributed by atoms with van der Waals surface area (Å²) >= 11 is 0. The van der Waals surface area contributed by atoms with Crippen molar-refractivity contribution in [3.8, 4) is 0 Å². The van der Waals surface area contributed by atoms with E-state index >= 15 is 0 Å². The van der Waals surface area contributed by atoms with Crippen molar-refractivity contribution in [3.63, 3.8) is 0 Å². The lowest BCUT2D eigenvalue weighted by atomic mass is 9.83. The number of aryl methyl sites for hydroxylation is 1. The van der Waals surface area contributed by atoms with Crippen LogP contribution in [0.25, 0.3) is 0 Å². The molecule has 0 spiro atoms. The smallest absolute Gasteiger partial charge is 0.228 e. The molecule has 0 bridgehead atoms. The molecule has 1 amide bonds. The maximum atomic E-state index is 13.0. The molecule has 0 aliphatic carbocycles. The van der Waals surface area contributed by atoms with Crippen LogP contribution >= 0.6 is 0 Å². The first-order valence-electron chi connectivity index (χ1n) is 8.72. The summed E-state index contributed by atoms with van der Waals surface area (Å²) in [4.78, 5) is 14.9. The highest BCUT2D eigenvalue weighted by atomic mass is 16.2. The Bertz CT molecular complexity index is 886. The van der Waals surface area contributed by atoms with Gasteiger partial charge in [0, 0.05) is 18.0 Å². The zero-order chi connectivity index (χ0) is 17.2. The number of benzene rings is 3. The predicted molar refractivity (Wildman–Crippen MR) is 102 cm³/mol. The maximum absolute atomic E-state index is 13.0. The minimum Gasteiger partial charge on any atom is -0.308 e. The molecule has 1 unspecified atom stereocenters. The molecule has 0 saturated heterocycles. The lowest BCUT2D eigenvalue weighted by Gasteiger charge is -2.34. The minimum absolute atomic E-state index is 0.135. The number of rotatable bonds is 3. The van der Waals surface area contributed by atoms with Crippen molar-refractivity contribution in [3.05, 3.63) is 101 Å². The Labute approximate surface area is 148 Å². The van der Waals surface area contributed by atoms with E-state index in [2.05, 4.69) is 49.4 Å². The van der Waals surface area contributed by atoms with Gasteiger partial charge in [0.1, 0.15) is 0 Å². The zero-order valence-electron chi connectivity index (χ0n) is 14.4. The second kappa shape index (κ2) is 6.56. The van der Waals surface area contributed by atoms with E-state index in [4.69, 9.17) is 0 Å². The van der Waals surface area contributed by atoms with Crippen LogP contribution in [-0.2, 0) is 11.3 Å². The molecule has 1 aliphatic rings. The Morgan fingerprint density at radius 1 is 0.920 bits per heavy atom. The Kier molecular flexibility index (Phi) is 4.10. The van der Waals surface area contributed by atoms with Crippen molar-refractivity contribution in [1.82, 2.24) is 0 Å². The first-order valence-corrected chi connectivity index (χ1v) is 8.72. The second-order valence-electron chi connectivity index (χ2n) is 6.70. The van der Waals surface area contributed by atoms with Gasteiger partial charge in [-0.05, 0) is 29.7 Å². The van der Waals surface area contributed by atoms with Crippen LogP contribution in [0.4, 0.5) is 5.69 Å². The summed E-state index contributed by atoms with van der Waals surface area (Å²) in [6.07, 6.45) is 0.521. The first-order chi connectivity index (χ1) is 12.2. The highest BCUT2D eigenvalue weighted by molar-refractivity contribution is 5.97. The largest absolute Gasteiger partial charge is 0.308 e. The zero-order valence-corrected chi connectivity index (χ0v) is 14.4. The first kappa shape index (κ1) is 15.6. The maximum Gasteiger partial charge on any atom is 0.228 e. The number of carbonyl (C=O) groups excluding carboxylic acids is 1. The molecule has 3 aromatic rings. The molecule has 2 nitrogen and oxygen atoms in total. The average molecular weight is 327 g/mol. The van der Waals surface area contributed by atoms with Gasteiger partial charge >= 0.3 is 0 Å². The van der Waals surface area contributed by atoms with Gasteiger partial charge in [-0.1, -0.05) is 78.4 Å². The molecule has 25 heavy (non-hydrogen) atoms. The number of anilines is 1. The van der Waals surface area contributed by atoms with Crippen molar-refractivity contribution in [2.24, 2.45) is 0 Å². The van der Waals surface area contributed by atoms with E-state index in [9.17, 15) is 4.79 Å². The predicted octanol–water partition coefficient (Wildman–Crippen LogP) is 5.06. The molecule has 2 heteroatoms. The molecular weight excluding hydrogens is 306 g/mol. The van der Waals surface area contributed by atoms with Gasteiger partial charge in [0.2, 0.25) is 5.91 Å². The quantitative estimate of drug-likeness (QED) is 0.658. The molecule has 0 saturated carbocycles. The molecule has 3 aromatic carbocycles. The third-order valence-corrected chi connectivity index (χ3v) is 4.91. The second-order valence-corrected chi connectivity index (χ2v) is 6.70. The van der Waals surface area contributed by atoms with Crippen LogP contribution in [0, 0.1) is 6.92 Å². The van der Waals surface area contributed by atoms with Crippen LogP contribution < -0.4 is 4.90 Å². The van der Waals surface area contributed by atoms with Crippen LogP contribution in [0.1, 0.15) is 34.6 Å². The van der Waals surface area contributed by atoms with Crippen molar-refractivity contribution in [2.75, 3.05) is 4.90 Å². The van der Waals surface area contributed by atoms with Crippen molar-refractivity contribution in [1.29, 1.82) is 0 Å². The van der Waals surface area contributed by atoms with Crippen LogP contribution in [0.15, 0.2) is 78.9 Å². The fourth-order valence-corrected chi connectivity index (χ4v) is 3.65. The highest BCUT2D eigenvalue weighted by Crippen LogP contribution is 2.41. The molecule has 1 atom stereocenters. The number of hydrogen-bond acceptors (Lipinski definition) is 1. The van der Waals surface area contributed by atoms with Crippen LogP contribution in [-0.4, -0.2) is 5.91 Å². The Morgan fingerprint density at radius 3 is 2.32 bits per heavy atom. The van der Waals surface area contributed by atoms with E-state index in [-0.39, 0.29) is 11.8 Å². The van der Waals surface area contributed by atoms with E-state index in [1.165, 1.54) is 16.7 Å². The SMILES string of the molecule is Cc1ccc2c(c1)C(c1ccccc1)CC(=O)N2Cc1ccccc1. The van der Waals surface area contributed by atoms with E-state index in [1.807, 2.05) is 41.3 Å². The van der Waals surface area contributed by atoms with Gasteiger partial charge in [-0.15, -0.1) is 0 Å². The Hall–Kier alpha value is -2.87. The molecule has 0 N–H and O–H groups in total. The van der Waals surface area contributed by atoms with Crippen molar-refractivity contribution < 1.29 is 4.79 Å².